The second kappa shape index (κ2) is 6.11. The summed E-state index contributed by atoms with van der Waals surface area (Å²) < 4.78 is 0.755. The maximum absolute atomic E-state index is 12.1. The van der Waals surface area contributed by atoms with Crippen LogP contribution in [0.15, 0.2) is 40.9 Å². The SMILES string of the molecule is Nc1cc(C(=O)Nc2cc(Br)ccc2Cl)ccc1[N+](=O)[O-]. The summed E-state index contributed by atoms with van der Waals surface area (Å²) in [5.74, 6) is -0.461. The van der Waals surface area contributed by atoms with Gasteiger partial charge in [0.2, 0.25) is 0 Å². The van der Waals surface area contributed by atoms with E-state index in [2.05, 4.69) is 21.2 Å². The van der Waals surface area contributed by atoms with Crippen LogP contribution in [-0.4, -0.2) is 10.8 Å². The van der Waals surface area contributed by atoms with Crippen LogP contribution >= 0.6 is 27.5 Å². The lowest BCUT2D eigenvalue weighted by Crippen LogP contribution is -2.13. The van der Waals surface area contributed by atoms with Crippen molar-refractivity contribution in [2.45, 2.75) is 0 Å². The number of benzene rings is 2. The van der Waals surface area contributed by atoms with Crippen molar-refractivity contribution in [1.82, 2.24) is 0 Å². The number of carbonyl (C=O) groups is 1. The third-order valence-electron chi connectivity index (χ3n) is 2.66. The van der Waals surface area contributed by atoms with E-state index in [4.69, 9.17) is 17.3 Å². The first-order chi connectivity index (χ1) is 9.88. The molecule has 2 aromatic rings. The molecule has 6 nitrogen and oxygen atoms in total. The van der Waals surface area contributed by atoms with E-state index in [1.54, 1.807) is 18.2 Å². The van der Waals surface area contributed by atoms with Crippen molar-refractivity contribution in [2.24, 2.45) is 0 Å². The normalized spacial score (nSPS) is 10.2. The van der Waals surface area contributed by atoms with Crippen LogP contribution in [0.1, 0.15) is 10.4 Å². The highest BCUT2D eigenvalue weighted by Crippen LogP contribution is 2.27. The quantitative estimate of drug-likeness (QED) is 0.487. The largest absolute Gasteiger partial charge is 0.393 e. The molecule has 2 rings (SSSR count). The van der Waals surface area contributed by atoms with Gasteiger partial charge in [-0.15, -0.1) is 0 Å². The van der Waals surface area contributed by atoms with Gasteiger partial charge in [-0.2, -0.15) is 0 Å². The second-order valence-electron chi connectivity index (χ2n) is 4.11. The number of hydrogen-bond donors (Lipinski definition) is 2. The Balaban J connectivity index is 2.26. The van der Waals surface area contributed by atoms with E-state index in [0.717, 1.165) is 4.47 Å². The number of anilines is 2. The first-order valence-corrected chi connectivity index (χ1v) is 6.86. The van der Waals surface area contributed by atoms with E-state index in [1.807, 2.05) is 0 Å². The molecule has 0 aliphatic heterocycles. The second-order valence-corrected chi connectivity index (χ2v) is 5.43. The Morgan fingerprint density at radius 3 is 2.62 bits per heavy atom. The van der Waals surface area contributed by atoms with E-state index < -0.39 is 10.8 Å². The summed E-state index contributed by atoms with van der Waals surface area (Å²) >= 11 is 9.25. The zero-order valence-corrected chi connectivity index (χ0v) is 12.8. The lowest BCUT2D eigenvalue weighted by Gasteiger charge is -2.08. The summed E-state index contributed by atoms with van der Waals surface area (Å²) in [5, 5.41) is 13.7. The lowest BCUT2D eigenvalue weighted by atomic mass is 10.1. The Kier molecular flexibility index (Phi) is 4.44. The third kappa shape index (κ3) is 3.50. The molecule has 0 aromatic heterocycles. The standard InChI is InChI=1S/C13H9BrClN3O3/c14-8-2-3-9(15)11(6-8)17-13(19)7-1-4-12(18(20)21)10(16)5-7/h1-6H,16H2,(H,17,19). The van der Waals surface area contributed by atoms with Crippen molar-refractivity contribution >= 4 is 50.5 Å². The number of nitrogen functional groups attached to an aromatic ring is 1. The van der Waals surface area contributed by atoms with Crippen LogP contribution < -0.4 is 11.1 Å². The molecule has 0 atom stereocenters. The van der Waals surface area contributed by atoms with Crippen molar-refractivity contribution in [2.75, 3.05) is 11.1 Å². The van der Waals surface area contributed by atoms with Crippen LogP contribution in [0.2, 0.25) is 5.02 Å². The molecule has 0 bridgehead atoms. The van der Waals surface area contributed by atoms with E-state index in [1.165, 1.54) is 18.2 Å². The van der Waals surface area contributed by atoms with Crippen molar-refractivity contribution in [1.29, 1.82) is 0 Å². The predicted molar refractivity (Wildman–Crippen MR) is 84.6 cm³/mol. The summed E-state index contributed by atoms with van der Waals surface area (Å²) in [6, 6.07) is 8.78. The van der Waals surface area contributed by atoms with E-state index in [0.29, 0.717) is 10.7 Å². The minimum atomic E-state index is -0.609. The third-order valence-corrected chi connectivity index (χ3v) is 3.49. The van der Waals surface area contributed by atoms with Gasteiger partial charge in [0, 0.05) is 16.1 Å². The molecule has 0 unspecified atom stereocenters. The topological polar surface area (TPSA) is 98.3 Å². The number of nitrogens with two attached hydrogens (primary N) is 1. The number of halogens is 2. The fraction of sp³-hybridized carbons (Fsp3) is 0. The van der Waals surface area contributed by atoms with Crippen LogP contribution in [0.3, 0.4) is 0 Å². The van der Waals surface area contributed by atoms with Crippen molar-refractivity contribution in [3.63, 3.8) is 0 Å². The number of hydrogen-bond acceptors (Lipinski definition) is 4. The summed E-state index contributed by atoms with van der Waals surface area (Å²) in [4.78, 5) is 22.2. The Hall–Kier alpha value is -2.12. The molecule has 0 aliphatic carbocycles. The van der Waals surface area contributed by atoms with E-state index >= 15 is 0 Å². The van der Waals surface area contributed by atoms with Gasteiger partial charge in [-0.05, 0) is 30.3 Å². The summed E-state index contributed by atoms with van der Waals surface area (Å²) in [6.07, 6.45) is 0. The van der Waals surface area contributed by atoms with Crippen LogP contribution in [0.5, 0.6) is 0 Å². The van der Waals surface area contributed by atoms with Crippen LogP contribution in [0.25, 0.3) is 0 Å². The van der Waals surface area contributed by atoms with E-state index in [-0.39, 0.29) is 16.9 Å². The van der Waals surface area contributed by atoms with Gasteiger partial charge in [0.15, 0.2) is 0 Å². The zero-order chi connectivity index (χ0) is 15.6. The summed E-state index contributed by atoms with van der Waals surface area (Å²) in [7, 11) is 0. The molecule has 2 aromatic carbocycles. The van der Waals surface area contributed by atoms with Gasteiger partial charge in [0.25, 0.3) is 11.6 Å². The average Bonchev–Trinajstić information content (AvgIpc) is 2.42. The molecule has 0 aliphatic rings. The van der Waals surface area contributed by atoms with Crippen LogP contribution in [0, 0.1) is 10.1 Å². The van der Waals surface area contributed by atoms with Gasteiger partial charge in [0.1, 0.15) is 5.69 Å². The Morgan fingerprint density at radius 1 is 1.29 bits per heavy atom. The molecule has 108 valence electrons. The minimum absolute atomic E-state index is 0.0759. The van der Waals surface area contributed by atoms with Gasteiger partial charge in [-0.1, -0.05) is 27.5 Å². The monoisotopic (exact) mass is 369 g/mol. The molecular weight excluding hydrogens is 362 g/mol. The van der Waals surface area contributed by atoms with Crippen molar-refractivity contribution < 1.29 is 9.72 Å². The molecule has 1 amide bonds. The maximum atomic E-state index is 12.1. The average molecular weight is 371 g/mol. The Bertz CT molecular complexity index is 737. The van der Waals surface area contributed by atoms with Crippen molar-refractivity contribution in [3.8, 4) is 0 Å². The highest BCUT2D eigenvalue weighted by molar-refractivity contribution is 9.10. The van der Waals surface area contributed by atoms with Gasteiger partial charge < -0.3 is 11.1 Å². The van der Waals surface area contributed by atoms with Gasteiger partial charge in [-0.3, -0.25) is 14.9 Å². The zero-order valence-electron chi connectivity index (χ0n) is 10.5. The van der Waals surface area contributed by atoms with Gasteiger partial charge in [0.05, 0.1) is 15.6 Å². The first kappa shape index (κ1) is 15.3. The molecule has 0 saturated carbocycles. The molecule has 0 spiro atoms. The first-order valence-electron chi connectivity index (χ1n) is 5.69. The number of nitro benzene ring substituents is 1. The van der Waals surface area contributed by atoms with Crippen LogP contribution in [-0.2, 0) is 0 Å². The summed E-state index contributed by atoms with van der Waals surface area (Å²) in [5.41, 5.74) is 5.86. The highest BCUT2D eigenvalue weighted by Gasteiger charge is 2.15. The smallest absolute Gasteiger partial charge is 0.292 e. The molecule has 21 heavy (non-hydrogen) atoms. The predicted octanol–water partition coefficient (Wildman–Crippen LogP) is 3.85. The number of nitrogens with one attached hydrogen (secondary N) is 1. The van der Waals surface area contributed by atoms with Gasteiger partial charge >= 0.3 is 0 Å². The minimum Gasteiger partial charge on any atom is -0.393 e. The fourth-order valence-corrected chi connectivity index (χ4v) is 2.18. The number of carbonyl (C=O) groups excluding carboxylic acids is 1. The van der Waals surface area contributed by atoms with Crippen LogP contribution in [0.4, 0.5) is 17.1 Å². The Labute approximate surface area is 133 Å². The molecule has 8 heteroatoms. The van der Waals surface area contributed by atoms with Crippen molar-refractivity contribution in [3.05, 3.63) is 61.6 Å². The van der Waals surface area contributed by atoms with Gasteiger partial charge in [-0.25, -0.2) is 0 Å². The molecule has 0 heterocycles. The highest BCUT2D eigenvalue weighted by atomic mass is 79.9. The number of nitro groups is 1. The number of amides is 1. The lowest BCUT2D eigenvalue weighted by molar-refractivity contribution is -0.383. The fourth-order valence-electron chi connectivity index (χ4n) is 1.65. The molecule has 0 saturated heterocycles. The maximum Gasteiger partial charge on any atom is 0.292 e. The molecule has 3 N–H and O–H groups in total. The van der Waals surface area contributed by atoms with E-state index in [9.17, 15) is 14.9 Å². The molecule has 0 fully saturated rings. The summed E-state index contributed by atoms with van der Waals surface area (Å²) in [6.45, 7) is 0. The Morgan fingerprint density at radius 2 is 2.00 bits per heavy atom. The molecule has 0 radical (unpaired) electrons. The number of nitrogens with zero attached hydrogens (tertiary/aromatic N) is 1. The molecular formula is C13H9BrClN3O3. The number of rotatable bonds is 3.